The summed E-state index contributed by atoms with van der Waals surface area (Å²) in [5, 5.41) is 0. The highest BCUT2D eigenvalue weighted by atomic mass is 16.5. The van der Waals surface area contributed by atoms with Crippen molar-refractivity contribution in [2.45, 2.75) is 6.42 Å². The van der Waals surface area contributed by atoms with E-state index in [-0.39, 0.29) is 5.97 Å². The summed E-state index contributed by atoms with van der Waals surface area (Å²) >= 11 is 0. The smallest absolute Gasteiger partial charge is 0.319 e. The Hall–Kier alpha value is -1.77. The van der Waals surface area contributed by atoms with Gasteiger partial charge in [-0.25, -0.2) is 0 Å². The molecule has 0 aromatic heterocycles. The van der Waals surface area contributed by atoms with Crippen LogP contribution < -0.4 is 0 Å². The molecule has 0 aliphatic carbocycles. The first-order valence-corrected chi connectivity index (χ1v) is 5.18. The van der Waals surface area contributed by atoms with Crippen LogP contribution in [0.1, 0.15) is 5.56 Å². The second kappa shape index (κ2) is 4.39. The molecule has 1 atom stereocenters. The molecule has 16 heavy (non-hydrogen) atoms. The van der Waals surface area contributed by atoms with Crippen molar-refractivity contribution in [2.75, 3.05) is 13.7 Å². The average molecular weight is 218 g/mol. The average Bonchev–Trinajstić information content (AvgIpc) is 2.79. The van der Waals surface area contributed by atoms with Gasteiger partial charge in [0.25, 0.3) is 0 Å². The molecule has 1 aromatic carbocycles. The Balaban J connectivity index is 2.22. The third kappa shape index (κ3) is 1.94. The van der Waals surface area contributed by atoms with Gasteiger partial charge in [0.1, 0.15) is 12.0 Å². The molecule has 0 spiro atoms. The fourth-order valence-electron chi connectivity index (χ4n) is 1.90. The van der Waals surface area contributed by atoms with Crippen LogP contribution in [0.3, 0.4) is 0 Å². The molecule has 1 aromatic rings. The van der Waals surface area contributed by atoms with E-state index in [2.05, 4.69) is 0 Å². The number of hydrogen-bond donors (Lipinski definition) is 0. The fourth-order valence-corrected chi connectivity index (χ4v) is 1.90. The Morgan fingerprint density at radius 1 is 1.44 bits per heavy atom. The van der Waals surface area contributed by atoms with Gasteiger partial charge in [0.15, 0.2) is 0 Å². The van der Waals surface area contributed by atoms with Crippen molar-refractivity contribution in [2.24, 2.45) is 5.41 Å². The number of ether oxygens (including phenoxy) is 2. The molecule has 1 aliphatic rings. The van der Waals surface area contributed by atoms with Crippen LogP contribution in [-0.4, -0.2) is 19.7 Å². The monoisotopic (exact) mass is 218 g/mol. The van der Waals surface area contributed by atoms with Gasteiger partial charge in [0, 0.05) is 0 Å². The summed E-state index contributed by atoms with van der Waals surface area (Å²) in [6, 6.07) is 9.86. The molecule has 0 amide bonds. The van der Waals surface area contributed by atoms with Crippen molar-refractivity contribution in [3.05, 3.63) is 48.2 Å². The van der Waals surface area contributed by atoms with Gasteiger partial charge in [-0.3, -0.25) is 4.79 Å². The van der Waals surface area contributed by atoms with Crippen LogP contribution in [0.15, 0.2) is 42.7 Å². The first-order chi connectivity index (χ1) is 7.77. The molecule has 84 valence electrons. The number of rotatable bonds is 3. The van der Waals surface area contributed by atoms with E-state index >= 15 is 0 Å². The highest BCUT2D eigenvalue weighted by Gasteiger charge is 2.40. The Labute approximate surface area is 94.7 Å². The zero-order chi connectivity index (χ0) is 11.4. The largest absolute Gasteiger partial charge is 0.500 e. The lowest BCUT2D eigenvalue weighted by atomic mass is 9.83. The zero-order valence-corrected chi connectivity index (χ0v) is 9.18. The van der Waals surface area contributed by atoms with Crippen molar-refractivity contribution in [3.8, 4) is 0 Å². The summed E-state index contributed by atoms with van der Waals surface area (Å²) < 4.78 is 10.0. The minimum atomic E-state index is -0.657. The van der Waals surface area contributed by atoms with E-state index in [0.717, 1.165) is 5.56 Å². The van der Waals surface area contributed by atoms with Crippen LogP contribution in [0.4, 0.5) is 0 Å². The quantitative estimate of drug-likeness (QED) is 0.727. The van der Waals surface area contributed by atoms with Crippen molar-refractivity contribution in [1.29, 1.82) is 0 Å². The third-order valence-corrected chi connectivity index (χ3v) is 2.78. The first kappa shape index (κ1) is 10.7. The maximum absolute atomic E-state index is 11.8. The summed E-state index contributed by atoms with van der Waals surface area (Å²) in [7, 11) is 1.40. The van der Waals surface area contributed by atoms with Crippen molar-refractivity contribution >= 4 is 5.97 Å². The molecule has 1 heterocycles. The van der Waals surface area contributed by atoms with Crippen molar-refractivity contribution < 1.29 is 14.3 Å². The summed E-state index contributed by atoms with van der Waals surface area (Å²) in [4.78, 5) is 11.8. The van der Waals surface area contributed by atoms with Gasteiger partial charge in [0.2, 0.25) is 0 Å². The fraction of sp³-hybridized carbons (Fsp3) is 0.308. The van der Waals surface area contributed by atoms with Gasteiger partial charge < -0.3 is 9.47 Å². The molecule has 3 heteroatoms. The first-order valence-electron chi connectivity index (χ1n) is 5.18. The molecule has 2 rings (SSSR count). The molecule has 1 aliphatic heterocycles. The van der Waals surface area contributed by atoms with E-state index in [0.29, 0.717) is 13.0 Å². The summed E-state index contributed by atoms with van der Waals surface area (Å²) in [6.07, 6.45) is 3.96. The molecule has 0 fully saturated rings. The van der Waals surface area contributed by atoms with E-state index in [1.165, 1.54) is 7.11 Å². The number of benzene rings is 1. The van der Waals surface area contributed by atoms with Crippen molar-refractivity contribution in [1.82, 2.24) is 0 Å². The lowest BCUT2D eigenvalue weighted by Gasteiger charge is -2.22. The normalized spacial score (nSPS) is 22.8. The van der Waals surface area contributed by atoms with Crippen LogP contribution in [0, 0.1) is 5.41 Å². The van der Waals surface area contributed by atoms with Gasteiger partial charge in [-0.05, 0) is 18.1 Å². The lowest BCUT2D eigenvalue weighted by Crippen LogP contribution is -2.34. The predicted octanol–water partition coefficient (Wildman–Crippen LogP) is 1.93. The molecule has 1 unspecified atom stereocenters. The van der Waals surface area contributed by atoms with Gasteiger partial charge in [-0.15, -0.1) is 0 Å². The van der Waals surface area contributed by atoms with Gasteiger partial charge in [-0.1, -0.05) is 30.3 Å². The number of esters is 1. The second-order valence-electron chi connectivity index (χ2n) is 3.92. The minimum Gasteiger partial charge on any atom is -0.500 e. The Bertz CT molecular complexity index is 397. The zero-order valence-electron chi connectivity index (χ0n) is 9.18. The topological polar surface area (TPSA) is 35.5 Å². The third-order valence-electron chi connectivity index (χ3n) is 2.78. The maximum Gasteiger partial charge on any atom is 0.319 e. The van der Waals surface area contributed by atoms with E-state index < -0.39 is 5.41 Å². The molecule has 0 bridgehead atoms. The second-order valence-corrected chi connectivity index (χ2v) is 3.92. The molecular formula is C13H14O3. The molecule has 0 saturated carbocycles. The highest BCUT2D eigenvalue weighted by molar-refractivity contribution is 5.80. The number of methoxy groups -OCH3 is 1. The summed E-state index contributed by atoms with van der Waals surface area (Å²) in [6.45, 7) is 0.356. The lowest BCUT2D eigenvalue weighted by molar-refractivity contribution is -0.150. The van der Waals surface area contributed by atoms with Crippen LogP contribution in [0.2, 0.25) is 0 Å². The Kier molecular flexibility index (Phi) is 2.95. The maximum atomic E-state index is 11.8. The standard InChI is InChI=1S/C13H14O3/c1-15-12(14)13(7-8-16-10-13)9-11-5-3-2-4-6-11/h2-8H,9-10H2,1H3. The number of carbonyl (C=O) groups excluding carboxylic acids is 1. The Morgan fingerprint density at radius 3 is 2.75 bits per heavy atom. The van der Waals surface area contributed by atoms with E-state index in [4.69, 9.17) is 9.47 Å². The van der Waals surface area contributed by atoms with Crippen LogP contribution >= 0.6 is 0 Å². The van der Waals surface area contributed by atoms with Gasteiger partial charge >= 0.3 is 5.97 Å². The van der Waals surface area contributed by atoms with Crippen LogP contribution in [-0.2, 0) is 20.7 Å². The molecule has 3 nitrogen and oxygen atoms in total. The highest BCUT2D eigenvalue weighted by Crippen LogP contribution is 2.31. The number of carbonyl (C=O) groups is 1. The SMILES string of the molecule is COC(=O)C1(Cc2ccccc2)C=COC1. The summed E-state index contributed by atoms with van der Waals surface area (Å²) in [5.74, 6) is -0.245. The van der Waals surface area contributed by atoms with Crippen LogP contribution in [0.5, 0.6) is 0 Å². The van der Waals surface area contributed by atoms with Gasteiger partial charge in [0.05, 0.1) is 13.4 Å². The van der Waals surface area contributed by atoms with Gasteiger partial charge in [-0.2, -0.15) is 0 Å². The Morgan fingerprint density at radius 2 is 2.19 bits per heavy atom. The molecule has 0 radical (unpaired) electrons. The van der Waals surface area contributed by atoms with E-state index in [1.54, 1.807) is 12.3 Å². The van der Waals surface area contributed by atoms with Crippen molar-refractivity contribution in [3.63, 3.8) is 0 Å². The van der Waals surface area contributed by atoms with E-state index in [9.17, 15) is 4.79 Å². The molecule has 0 saturated heterocycles. The van der Waals surface area contributed by atoms with E-state index in [1.807, 2.05) is 30.3 Å². The number of hydrogen-bond acceptors (Lipinski definition) is 3. The molecule has 0 N–H and O–H groups in total. The summed E-state index contributed by atoms with van der Waals surface area (Å²) in [5.41, 5.74) is 0.443. The minimum absolute atomic E-state index is 0.245. The van der Waals surface area contributed by atoms with Crippen LogP contribution in [0.25, 0.3) is 0 Å². The predicted molar refractivity (Wildman–Crippen MR) is 59.7 cm³/mol. The molecular weight excluding hydrogens is 204 g/mol.